The van der Waals surface area contributed by atoms with Gasteiger partial charge in [-0.05, 0) is 72.9 Å². The SMILES string of the molecule is CC(C)(C)OC(=O)NCCCCN(Cc1nc2ccccc2[nH]1)C(=O)CCCNC(=O)OC(C)(C)C. The number of nitrogens with one attached hydrogen (secondary N) is 3. The van der Waals surface area contributed by atoms with Gasteiger partial charge in [0.05, 0.1) is 17.6 Å². The summed E-state index contributed by atoms with van der Waals surface area (Å²) in [5, 5.41) is 5.43. The molecule has 0 aliphatic carbocycles. The number of nitrogens with zero attached hydrogens (tertiary/aromatic N) is 2. The van der Waals surface area contributed by atoms with E-state index in [0.717, 1.165) is 11.0 Å². The molecule has 0 aliphatic heterocycles. The third kappa shape index (κ3) is 11.4. The molecule has 0 unspecified atom stereocenters. The molecule has 0 fully saturated rings. The fraction of sp³-hybridized carbons (Fsp3) is 0.615. The van der Waals surface area contributed by atoms with Crippen LogP contribution in [0.3, 0.4) is 0 Å². The maximum atomic E-state index is 13.0. The monoisotopic (exact) mass is 503 g/mol. The third-order valence-electron chi connectivity index (χ3n) is 4.89. The minimum atomic E-state index is -0.568. The van der Waals surface area contributed by atoms with Gasteiger partial charge in [-0.25, -0.2) is 14.6 Å². The number of amides is 3. The molecule has 0 saturated carbocycles. The highest BCUT2D eigenvalue weighted by Crippen LogP contribution is 2.13. The van der Waals surface area contributed by atoms with Gasteiger partial charge in [-0.2, -0.15) is 0 Å². The van der Waals surface area contributed by atoms with E-state index in [1.807, 2.05) is 45.0 Å². The summed E-state index contributed by atoms with van der Waals surface area (Å²) in [6, 6.07) is 7.72. The zero-order chi connectivity index (χ0) is 26.8. The highest BCUT2D eigenvalue weighted by molar-refractivity contribution is 5.77. The van der Waals surface area contributed by atoms with Gasteiger partial charge in [0.25, 0.3) is 0 Å². The number of fused-ring (bicyclic) bond motifs is 1. The number of imidazole rings is 1. The Morgan fingerprint density at radius 2 is 1.47 bits per heavy atom. The number of carbonyl (C=O) groups excluding carboxylic acids is 3. The van der Waals surface area contributed by atoms with Crippen molar-refractivity contribution in [3.05, 3.63) is 30.1 Å². The summed E-state index contributed by atoms with van der Waals surface area (Å²) in [5.41, 5.74) is 0.658. The smallest absolute Gasteiger partial charge is 0.407 e. The molecule has 36 heavy (non-hydrogen) atoms. The van der Waals surface area contributed by atoms with Gasteiger partial charge in [-0.1, -0.05) is 12.1 Å². The molecule has 0 spiro atoms. The normalized spacial score (nSPS) is 11.7. The first-order chi connectivity index (χ1) is 16.8. The van der Waals surface area contributed by atoms with E-state index in [-0.39, 0.29) is 12.3 Å². The molecule has 0 saturated heterocycles. The molecule has 0 atom stereocenters. The maximum absolute atomic E-state index is 13.0. The van der Waals surface area contributed by atoms with Gasteiger partial charge in [-0.3, -0.25) is 4.79 Å². The summed E-state index contributed by atoms with van der Waals surface area (Å²) >= 11 is 0. The number of ether oxygens (including phenoxy) is 2. The van der Waals surface area contributed by atoms with Crippen LogP contribution in [0.1, 0.15) is 73.1 Å². The number of hydrogen-bond donors (Lipinski definition) is 3. The number of alkyl carbamates (subject to hydrolysis) is 2. The first-order valence-corrected chi connectivity index (χ1v) is 12.5. The first kappa shape index (κ1) is 28.9. The van der Waals surface area contributed by atoms with E-state index in [9.17, 15) is 14.4 Å². The van der Waals surface area contributed by atoms with E-state index in [1.54, 1.807) is 25.7 Å². The molecule has 2 rings (SSSR count). The minimum Gasteiger partial charge on any atom is -0.444 e. The van der Waals surface area contributed by atoms with Gasteiger partial charge in [-0.15, -0.1) is 0 Å². The molecule has 1 heterocycles. The third-order valence-corrected chi connectivity index (χ3v) is 4.89. The quantitative estimate of drug-likeness (QED) is 0.388. The Labute approximate surface area is 213 Å². The predicted molar refractivity (Wildman–Crippen MR) is 138 cm³/mol. The molecule has 200 valence electrons. The zero-order valence-corrected chi connectivity index (χ0v) is 22.4. The Morgan fingerprint density at radius 3 is 2.06 bits per heavy atom. The second-order valence-corrected chi connectivity index (χ2v) is 10.7. The molecule has 0 bridgehead atoms. The van der Waals surface area contributed by atoms with Crippen molar-refractivity contribution in [3.63, 3.8) is 0 Å². The van der Waals surface area contributed by atoms with Crippen LogP contribution in [0.2, 0.25) is 0 Å². The number of hydrogen-bond acceptors (Lipinski definition) is 6. The number of aromatic nitrogens is 2. The van der Waals surface area contributed by atoms with Gasteiger partial charge in [0, 0.05) is 26.1 Å². The Balaban J connectivity index is 1.87. The second kappa shape index (κ2) is 13.1. The number of H-pyrrole nitrogens is 1. The van der Waals surface area contributed by atoms with Gasteiger partial charge in [0.2, 0.25) is 5.91 Å². The van der Waals surface area contributed by atoms with Crippen molar-refractivity contribution in [3.8, 4) is 0 Å². The number of benzene rings is 1. The number of aromatic amines is 1. The maximum Gasteiger partial charge on any atom is 0.407 e. The molecule has 10 heteroatoms. The summed E-state index contributed by atoms with van der Waals surface area (Å²) in [6.45, 7) is 12.5. The van der Waals surface area contributed by atoms with Crippen molar-refractivity contribution in [2.75, 3.05) is 19.6 Å². The molecule has 3 amide bonds. The molecular formula is C26H41N5O5. The standard InChI is InChI=1S/C26H41N5O5/c1-25(2,3)35-23(33)27-15-9-10-17-31(18-21-29-19-12-7-8-13-20(19)30-21)22(32)14-11-16-28-24(34)36-26(4,5)6/h7-8,12-13H,9-11,14-18H2,1-6H3,(H,27,33)(H,28,34)(H,29,30). The van der Waals surface area contributed by atoms with Crippen molar-refractivity contribution < 1.29 is 23.9 Å². The molecule has 0 radical (unpaired) electrons. The van der Waals surface area contributed by atoms with Crippen LogP contribution < -0.4 is 10.6 Å². The van der Waals surface area contributed by atoms with E-state index in [0.29, 0.717) is 51.3 Å². The van der Waals surface area contributed by atoms with Crippen LogP contribution in [0.5, 0.6) is 0 Å². The molecule has 2 aromatic rings. The fourth-order valence-corrected chi connectivity index (χ4v) is 3.39. The van der Waals surface area contributed by atoms with Crippen LogP contribution in [0.25, 0.3) is 11.0 Å². The second-order valence-electron chi connectivity index (χ2n) is 10.7. The number of unbranched alkanes of at least 4 members (excludes halogenated alkanes) is 1. The lowest BCUT2D eigenvalue weighted by atomic mass is 10.2. The lowest BCUT2D eigenvalue weighted by Crippen LogP contribution is -2.35. The number of rotatable bonds is 11. The summed E-state index contributed by atoms with van der Waals surface area (Å²) in [7, 11) is 0. The van der Waals surface area contributed by atoms with Crippen LogP contribution in [-0.4, -0.2) is 63.8 Å². The average Bonchev–Trinajstić information content (AvgIpc) is 3.15. The molecule has 0 aliphatic rings. The van der Waals surface area contributed by atoms with Crippen LogP contribution in [0, 0.1) is 0 Å². The van der Waals surface area contributed by atoms with E-state index in [4.69, 9.17) is 9.47 Å². The van der Waals surface area contributed by atoms with Gasteiger partial charge in [0.1, 0.15) is 17.0 Å². The highest BCUT2D eigenvalue weighted by atomic mass is 16.6. The predicted octanol–water partition coefficient (Wildman–Crippen LogP) is 4.50. The van der Waals surface area contributed by atoms with E-state index < -0.39 is 23.4 Å². The van der Waals surface area contributed by atoms with Gasteiger partial charge in [0.15, 0.2) is 0 Å². The van der Waals surface area contributed by atoms with Crippen molar-refractivity contribution in [2.45, 2.75) is 85.0 Å². The zero-order valence-electron chi connectivity index (χ0n) is 22.4. The fourth-order valence-electron chi connectivity index (χ4n) is 3.39. The van der Waals surface area contributed by atoms with Gasteiger partial charge >= 0.3 is 12.2 Å². The Bertz CT molecular complexity index is 973. The van der Waals surface area contributed by atoms with Crippen LogP contribution >= 0.6 is 0 Å². The van der Waals surface area contributed by atoms with E-state index in [2.05, 4.69) is 20.6 Å². The summed E-state index contributed by atoms with van der Waals surface area (Å²) < 4.78 is 10.5. The molecule has 1 aromatic heterocycles. The van der Waals surface area contributed by atoms with E-state index >= 15 is 0 Å². The Kier molecular flexibility index (Phi) is 10.6. The molecule has 10 nitrogen and oxygen atoms in total. The van der Waals surface area contributed by atoms with Crippen LogP contribution in [-0.2, 0) is 20.8 Å². The van der Waals surface area contributed by atoms with Crippen molar-refractivity contribution in [1.29, 1.82) is 0 Å². The lowest BCUT2D eigenvalue weighted by Gasteiger charge is -2.23. The lowest BCUT2D eigenvalue weighted by molar-refractivity contribution is -0.132. The average molecular weight is 504 g/mol. The summed E-state index contributed by atoms with van der Waals surface area (Å²) in [5.74, 6) is 0.685. The Morgan fingerprint density at radius 1 is 0.889 bits per heavy atom. The van der Waals surface area contributed by atoms with E-state index in [1.165, 1.54) is 0 Å². The van der Waals surface area contributed by atoms with Crippen LogP contribution in [0.4, 0.5) is 9.59 Å². The van der Waals surface area contributed by atoms with Crippen molar-refractivity contribution in [2.24, 2.45) is 0 Å². The van der Waals surface area contributed by atoms with Gasteiger partial charge < -0.3 is 30.0 Å². The molecule has 1 aromatic carbocycles. The summed E-state index contributed by atoms with van der Waals surface area (Å²) in [6.07, 6.45) is 1.24. The topological polar surface area (TPSA) is 126 Å². The van der Waals surface area contributed by atoms with Crippen LogP contribution in [0.15, 0.2) is 24.3 Å². The number of carbonyl (C=O) groups is 3. The van der Waals surface area contributed by atoms with Crippen molar-refractivity contribution >= 4 is 29.1 Å². The largest absolute Gasteiger partial charge is 0.444 e. The molecular weight excluding hydrogens is 462 g/mol. The Hall–Kier alpha value is -3.30. The number of para-hydroxylation sites is 2. The van der Waals surface area contributed by atoms with Crippen molar-refractivity contribution in [1.82, 2.24) is 25.5 Å². The summed E-state index contributed by atoms with van der Waals surface area (Å²) in [4.78, 5) is 46.3. The minimum absolute atomic E-state index is 0.0263. The molecule has 3 N–H and O–H groups in total. The highest BCUT2D eigenvalue weighted by Gasteiger charge is 2.18. The first-order valence-electron chi connectivity index (χ1n) is 12.5.